The summed E-state index contributed by atoms with van der Waals surface area (Å²) in [6.45, 7) is 0. The molecule has 1 amide bonds. The Balaban J connectivity index is 1.80. The van der Waals surface area contributed by atoms with Crippen molar-refractivity contribution in [2.45, 2.75) is 0 Å². The molecule has 3 aromatic rings. The third-order valence-electron chi connectivity index (χ3n) is 3.15. The number of benzene rings is 2. The van der Waals surface area contributed by atoms with Crippen molar-refractivity contribution in [1.82, 2.24) is 20.2 Å². The first-order valence-electron chi connectivity index (χ1n) is 6.65. The van der Waals surface area contributed by atoms with E-state index in [4.69, 9.17) is 16.3 Å². The van der Waals surface area contributed by atoms with Gasteiger partial charge in [0.15, 0.2) is 0 Å². The summed E-state index contributed by atoms with van der Waals surface area (Å²) in [6.07, 6.45) is 1.48. The van der Waals surface area contributed by atoms with Gasteiger partial charge in [0.05, 0.1) is 18.5 Å². The van der Waals surface area contributed by atoms with Gasteiger partial charge in [-0.05, 0) is 52.9 Å². The van der Waals surface area contributed by atoms with E-state index in [1.54, 1.807) is 42.5 Å². The lowest BCUT2D eigenvalue weighted by Gasteiger charge is -2.10. The Labute approximate surface area is 136 Å². The van der Waals surface area contributed by atoms with Gasteiger partial charge in [-0.3, -0.25) is 4.79 Å². The molecule has 0 spiro atoms. The van der Waals surface area contributed by atoms with Gasteiger partial charge in [0, 0.05) is 10.6 Å². The summed E-state index contributed by atoms with van der Waals surface area (Å²) in [5.41, 5.74) is 1.75. The second-order valence-corrected chi connectivity index (χ2v) is 5.04. The van der Waals surface area contributed by atoms with E-state index in [-0.39, 0.29) is 5.91 Å². The van der Waals surface area contributed by atoms with Crippen LogP contribution in [0.2, 0.25) is 5.02 Å². The molecular formula is C15H12ClN5O2. The standard InChI is InChI=1S/C15H12ClN5O2/c1-23-14-7-4-11(16)8-13(14)18-15(22)10-2-5-12(6-3-10)21-9-17-19-20-21/h2-9H,1H3,(H,18,22). The van der Waals surface area contributed by atoms with Crippen LogP contribution in [0.15, 0.2) is 48.8 Å². The molecule has 0 aliphatic heterocycles. The smallest absolute Gasteiger partial charge is 0.255 e. The van der Waals surface area contributed by atoms with Crippen LogP contribution in [0.3, 0.4) is 0 Å². The maximum absolute atomic E-state index is 12.3. The van der Waals surface area contributed by atoms with E-state index in [1.165, 1.54) is 18.1 Å². The minimum absolute atomic E-state index is 0.270. The van der Waals surface area contributed by atoms with E-state index in [1.807, 2.05) is 0 Å². The number of hydrogen-bond donors (Lipinski definition) is 1. The largest absolute Gasteiger partial charge is 0.495 e. The van der Waals surface area contributed by atoms with Crippen LogP contribution in [-0.2, 0) is 0 Å². The zero-order chi connectivity index (χ0) is 16.2. The van der Waals surface area contributed by atoms with Gasteiger partial charge in [-0.1, -0.05) is 11.6 Å². The first-order chi connectivity index (χ1) is 11.2. The Morgan fingerprint density at radius 2 is 2.00 bits per heavy atom. The fourth-order valence-corrected chi connectivity index (χ4v) is 2.19. The molecule has 0 saturated carbocycles. The van der Waals surface area contributed by atoms with Gasteiger partial charge in [-0.15, -0.1) is 5.10 Å². The van der Waals surface area contributed by atoms with E-state index in [9.17, 15) is 4.79 Å². The third-order valence-corrected chi connectivity index (χ3v) is 3.39. The Bertz CT molecular complexity index is 818. The van der Waals surface area contributed by atoms with Crippen molar-refractivity contribution >= 4 is 23.2 Å². The maximum Gasteiger partial charge on any atom is 0.255 e. The van der Waals surface area contributed by atoms with Gasteiger partial charge < -0.3 is 10.1 Å². The third kappa shape index (κ3) is 3.29. The number of amides is 1. The van der Waals surface area contributed by atoms with Gasteiger partial charge >= 0.3 is 0 Å². The minimum Gasteiger partial charge on any atom is -0.495 e. The highest BCUT2D eigenvalue weighted by Crippen LogP contribution is 2.28. The SMILES string of the molecule is COc1ccc(Cl)cc1NC(=O)c1ccc(-n2cnnn2)cc1. The Hall–Kier alpha value is -2.93. The number of nitrogens with one attached hydrogen (secondary N) is 1. The number of rotatable bonds is 4. The predicted octanol–water partition coefficient (Wildman–Crippen LogP) is 2.58. The quantitative estimate of drug-likeness (QED) is 0.795. The number of aromatic nitrogens is 4. The number of hydrogen-bond acceptors (Lipinski definition) is 5. The van der Waals surface area contributed by atoms with Crippen molar-refractivity contribution in [3.8, 4) is 11.4 Å². The number of carbonyl (C=O) groups excluding carboxylic acids is 1. The highest BCUT2D eigenvalue weighted by atomic mass is 35.5. The van der Waals surface area contributed by atoms with Gasteiger partial charge in [-0.25, -0.2) is 4.68 Å². The number of ether oxygens (including phenoxy) is 1. The normalized spacial score (nSPS) is 10.3. The molecular weight excluding hydrogens is 318 g/mol. The van der Waals surface area contributed by atoms with Crippen LogP contribution in [0.4, 0.5) is 5.69 Å². The number of methoxy groups -OCH3 is 1. The molecule has 0 unspecified atom stereocenters. The van der Waals surface area contributed by atoms with Crippen LogP contribution in [-0.4, -0.2) is 33.2 Å². The summed E-state index contributed by atoms with van der Waals surface area (Å²) in [5.74, 6) is 0.266. The van der Waals surface area contributed by atoms with Crippen molar-refractivity contribution in [3.05, 3.63) is 59.4 Å². The van der Waals surface area contributed by atoms with E-state index < -0.39 is 0 Å². The van der Waals surface area contributed by atoms with E-state index >= 15 is 0 Å². The molecule has 0 radical (unpaired) electrons. The summed E-state index contributed by atoms with van der Waals surface area (Å²) in [5, 5.41) is 14.2. The lowest BCUT2D eigenvalue weighted by molar-refractivity contribution is 0.102. The van der Waals surface area contributed by atoms with Crippen molar-refractivity contribution in [3.63, 3.8) is 0 Å². The molecule has 3 rings (SSSR count). The summed E-state index contributed by atoms with van der Waals surface area (Å²) < 4.78 is 6.71. The number of tetrazole rings is 1. The number of halogens is 1. The van der Waals surface area contributed by atoms with E-state index in [0.717, 1.165) is 5.69 Å². The van der Waals surface area contributed by atoms with Crippen molar-refractivity contribution in [1.29, 1.82) is 0 Å². The molecule has 2 aromatic carbocycles. The molecule has 0 bridgehead atoms. The number of carbonyl (C=O) groups is 1. The minimum atomic E-state index is -0.270. The molecule has 1 N–H and O–H groups in total. The lowest BCUT2D eigenvalue weighted by Crippen LogP contribution is -2.12. The second kappa shape index (κ2) is 6.45. The zero-order valence-corrected chi connectivity index (χ0v) is 12.9. The van der Waals surface area contributed by atoms with Crippen molar-refractivity contribution in [2.24, 2.45) is 0 Å². The van der Waals surface area contributed by atoms with Crippen LogP contribution in [0.5, 0.6) is 5.75 Å². The van der Waals surface area contributed by atoms with Crippen LogP contribution < -0.4 is 10.1 Å². The van der Waals surface area contributed by atoms with E-state index in [0.29, 0.717) is 22.0 Å². The van der Waals surface area contributed by atoms with Crippen LogP contribution >= 0.6 is 11.6 Å². The summed E-state index contributed by atoms with van der Waals surface area (Å²) in [6, 6.07) is 11.9. The maximum atomic E-state index is 12.3. The van der Waals surface area contributed by atoms with Crippen LogP contribution in [0.1, 0.15) is 10.4 Å². The number of anilines is 1. The fourth-order valence-electron chi connectivity index (χ4n) is 2.02. The highest BCUT2D eigenvalue weighted by Gasteiger charge is 2.11. The molecule has 0 atom stereocenters. The highest BCUT2D eigenvalue weighted by molar-refractivity contribution is 6.31. The Kier molecular flexibility index (Phi) is 4.20. The van der Waals surface area contributed by atoms with Gasteiger partial charge in [0.25, 0.3) is 5.91 Å². The summed E-state index contributed by atoms with van der Waals surface area (Å²) >= 11 is 5.95. The molecule has 1 heterocycles. The lowest BCUT2D eigenvalue weighted by atomic mass is 10.2. The molecule has 116 valence electrons. The topological polar surface area (TPSA) is 81.9 Å². The van der Waals surface area contributed by atoms with E-state index in [2.05, 4.69) is 20.8 Å². The Morgan fingerprint density at radius 3 is 2.65 bits per heavy atom. The summed E-state index contributed by atoms with van der Waals surface area (Å²) in [7, 11) is 1.53. The molecule has 0 aliphatic carbocycles. The first kappa shape index (κ1) is 15.0. The molecule has 0 fully saturated rings. The molecule has 8 heteroatoms. The monoisotopic (exact) mass is 329 g/mol. The first-order valence-corrected chi connectivity index (χ1v) is 7.03. The summed E-state index contributed by atoms with van der Waals surface area (Å²) in [4.78, 5) is 12.3. The van der Waals surface area contributed by atoms with Gasteiger partial charge in [0.2, 0.25) is 0 Å². The average molecular weight is 330 g/mol. The number of nitrogens with zero attached hydrogens (tertiary/aromatic N) is 4. The molecule has 0 aliphatic rings. The van der Waals surface area contributed by atoms with Crippen molar-refractivity contribution in [2.75, 3.05) is 12.4 Å². The van der Waals surface area contributed by atoms with Crippen LogP contribution in [0.25, 0.3) is 5.69 Å². The Morgan fingerprint density at radius 1 is 1.22 bits per heavy atom. The molecule has 1 aromatic heterocycles. The zero-order valence-electron chi connectivity index (χ0n) is 12.1. The van der Waals surface area contributed by atoms with Gasteiger partial charge in [0.1, 0.15) is 12.1 Å². The van der Waals surface area contributed by atoms with Gasteiger partial charge in [-0.2, -0.15) is 0 Å². The molecule has 23 heavy (non-hydrogen) atoms. The van der Waals surface area contributed by atoms with Crippen LogP contribution in [0, 0.1) is 0 Å². The fraction of sp³-hybridized carbons (Fsp3) is 0.0667. The average Bonchev–Trinajstić information content (AvgIpc) is 3.10. The second-order valence-electron chi connectivity index (χ2n) is 4.60. The molecule has 7 nitrogen and oxygen atoms in total. The van der Waals surface area contributed by atoms with Crippen molar-refractivity contribution < 1.29 is 9.53 Å². The predicted molar refractivity (Wildman–Crippen MR) is 85.1 cm³/mol. The molecule has 0 saturated heterocycles.